The number of ether oxygens (including phenoxy) is 1. The fourth-order valence-corrected chi connectivity index (χ4v) is 3.74. The lowest BCUT2D eigenvalue weighted by Gasteiger charge is -2.45. The molecule has 0 aliphatic carbocycles. The standard InChI is InChI=1S/C16H23NO/c1-3-13-5-4-6-16-15-8-7-14(18-2)11-12(15)9-10-17(13)16/h7-8,11,13,16H,3-6,9-10H2,1-2H3. The summed E-state index contributed by atoms with van der Waals surface area (Å²) in [5, 5.41) is 0. The lowest BCUT2D eigenvalue weighted by Crippen LogP contribution is -2.45. The molecular formula is C16H23NO. The Morgan fingerprint density at radius 2 is 2.22 bits per heavy atom. The van der Waals surface area contributed by atoms with Crippen molar-refractivity contribution in [2.75, 3.05) is 13.7 Å². The third-order valence-electron chi connectivity index (χ3n) is 4.70. The summed E-state index contributed by atoms with van der Waals surface area (Å²) in [5.41, 5.74) is 3.06. The number of fused-ring (bicyclic) bond motifs is 3. The molecule has 0 radical (unpaired) electrons. The zero-order valence-corrected chi connectivity index (χ0v) is 11.5. The maximum atomic E-state index is 5.34. The average Bonchev–Trinajstić information content (AvgIpc) is 2.45. The number of hydrogen-bond acceptors (Lipinski definition) is 2. The van der Waals surface area contributed by atoms with Crippen molar-refractivity contribution in [2.24, 2.45) is 0 Å². The molecule has 0 spiro atoms. The number of benzene rings is 1. The molecule has 0 N–H and O–H groups in total. The number of hydrogen-bond donors (Lipinski definition) is 0. The van der Waals surface area contributed by atoms with E-state index in [4.69, 9.17) is 4.74 Å². The van der Waals surface area contributed by atoms with Crippen molar-refractivity contribution < 1.29 is 4.74 Å². The largest absolute Gasteiger partial charge is 0.497 e. The Kier molecular flexibility index (Phi) is 3.29. The molecule has 2 nitrogen and oxygen atoms in total. The molecule has 2 unspecified atom stereocenters. The van der Waals surface area contributed by atoms with Crippen LogP contribution in [0.2, 0.25) is 0 Å². The van der Waals surface area contributed by atoms with E-state index in [-0.39, 0.29) is 0 Å². The minimum Gasteiger partial charge on any atom is -0.497 e. The van der Waals surface area contributed by atoms with Gasteiger partial charge in [0.15, 0.2) is 0 Å². The lowest BCUT2D eigenvalue weighted by atomic mass is 9.83. The van der Waals surface area contributed by atoms with Gasteiger partial charge in [-0.25, -0.2) is 0 Å². The van der Waals surface area contributed by atoms with E-state index in [2.05, 4.69) is 30.0 Å². The van der Waals surface area contributed by atoms with Gasteiger partial charge in [-0.1, -0.05) is 13.0 Å². The third kappa shape index (κ3) is 1.93. The van der Waals surface area contributed by atoms with Crippen LogP contribution in [0, 0.1) is 0 Å². The highest BCUT2D eigenvalue weighted by atomic mass is 16.5. The van der Waals surface area contributed by atoms with E-state index in [1.54, 1.807) is 12.7 Å². The predicted molar refractivity (Wildman–Crippen MR) is 74.1 cm³/mol. The molecular weight excluding hydrogens is 222 g/mol. The van der Waals surface area contributed by atoms with E-state index in [1.807, 2.05) is 0 Å². The van der Waals surface area contributed by atoms with Crippen LogP contribution >= 0.6 is 0 Å². The highest BCUT2D eigenvalue weighted by Gasteiger charge is 2.34. The Balaban J connectivity index is 1.93. The summed E-state index contributed by atoms with van der Waals surface area (Å²) in [6.07, 6.45) is 6.57. The first-order valence-electron chi connectivity index (χ1n) is 7.26. The van der Waals surface area contributed by atoms with Crippen molar-refractivity contribution in [1.82, 2.24) is 4.90 Å². The van der Waals surface area contributed by atoms with Crippen molar-refractivity contribution in [2.45, 2.75) is 51.1 Å². The molecule has 3 rings (SSSR count). The van der Waals surface area contributed by atoms with Crippen molar-refractivity contribution in [3.63, 3.8) is 0 Å². The van der Waals surface area contributed by atoms with Gasteiger partial charge in [0.2, 0.25) is 0 Å². The molecule has 1 fully saturated rings. The van der Waals surface area contributed by atoms with Gasteiger partial charge >= 0.3 is 0 Å². The second-order valence-corrected chi connectivity index (χ2v) is 5.56. The van der Waals surface area contributed by atoms with Gasteiger partial charge in [-0.2, -0.15) is 0 Å². The highest BCUT2D eigenvalue weighted by molar-refractivity contribution is 5.39. The molecule has 2 heterocycles. The number of rotatable bonds is 2. The molecule has 1 aromatic carbocycles. The van der Waals surface area contributed by atoms with Crippen molar-refractivity contribution in [3.05, 3.63) is 29.3 Å². The van der Waals surface area contributed by atoms with Gasteiger partial charge in [0.25, 0.3) is 0 Å². The van der Waals surface area contributed by atoms with Gasteiger partial charge in [0.1, 0.15) is 5.75 Å². The summed E-state index contributed by atoms with van der Waals surface area (Å²) < 4.78 is 5.34. The first-order valence-corrected chi connectivity index (χ1v) is 7.26. The fraction of sp³-hybridized carbons (Fsp3) is 0.625. The Hall–Kier alpha value is -1.02. The van der Waals surface area contributed by atoms with Crippen molar-refractivity contribution >= 4 is 0 Å². The number of methoxy groups -OCH3 is 1. The van der Waals surface area contributed by atoms with Gasteiger partial charge < -0.3 is 4.74 Å². The van der Waals surface area contributed by atoms with Crippen molar-refractivity contribution in [1.29, 1.82) is 0 Å². The first-order chi connectivity index (χ1) is 8.83. The molecule has 2 heteroatoms. The summed E-state index contributed by atoms with van der Waals surface area (Å²) in [7, 11) is 1.75. The third-order valence-corrected chi connectivity index (χ3v) is 4.70. The minimum absolute atomic E-state index is 0.665. The Morgan fingerprint density at radius 1 is 1.33 bits per heavy atom. The summed E-state index contributed by atoms with van der Waals surface area (Å²) in [5.74, 6) is 1.00. The van der Waals surface area contributed by atoms with Gasteiger partial charge in [-0.15, -0.1) is 0 Å². The summed E-state index contributed by atoms with van der Waals surface area (Å²) in [6, 6.07) is 8.13. The fourth-order valence-electron chi connectivity index (χ4n) is 3.74. The normalized spacial score (nSPS) is 27.4. The van der Waals surface area contributed by atoms with Crippen LogP contribution in [0.4, 0.5) is 0 Å². The highest BCUT2D eigenvalue weighted by Crippen LogP contribution is 2.40. The van der Waals surface area contributed by atoms with Gasteiger partial charge in [-0.3, -0.25) is 4.90 Å². The summed E-state index contributed by atoms with van der Waals surface area (Å²) in [4.78, 5) is 2.75. The molecule has 0 bridgehead atoms. The first kappa shape index (κ1) is 12.0. The molecule has 2 aliphatic heterocycles. The lowest BCUT2D eigenvalue weighted by molar-refractivity contribution is 0.0717. The van der Waals surface area contributed by atoms with E-state index < -0.39 is 0 Å². The van der Waals surface area contributed by atoms with Gasteiger partial charge in [0.05, 0.1) is 7.11 Å². The molecule has 2 atom stereocenters. The summed E-state index contributed by atoms with van der Waals surface area (Å²) in [6.45, 7) is 3.56. The van der Waals surface area contributed by atoms with E-state index in [0.29, 0.717) is 6.04 Å². The molecule has 0 amide bonds. The van der Waals surface area contributed by atoms with Crippen LogP contribution in [0.1, 0.15) is 49.8 Å². The maximum absolute atomic E-state index is 5.34. The van der Waals surface area contributed by atoms with Crippen LogP contribution in [0.5, 0.6) is 5.75 Å². The molecule has 1 aromatic rings. The Bertz CT molecular complexity index is 429. The van der Waals surface area contributed by atoms with Crippen LogP contribution in [0.3, 0.4) is 0 Å². The van der Waals surface area contributed by atoms with E-state index in [1.165, 1.54) is 44.2 Å². The van der Waals surface area contributed by atoms with Crippen LogP contribution in [-0.4, -0.2) is 24.6 Å². The molecule has 0 aromatic heterocycles. The minimum atomic E-state index is 0.665. The predicted octanol–water partition coefficient (Wildman–Crippen LogP) is 3.56. The molecule has 1 saturated heterocycles. The molecule has 98 valence electrons. The smallest absolute Gasteiger partial charge is 0.119 e. The molecule has 2 aliphatic rings. The zero-order chi connectivity index (χ0) is 12.5. The molecule has 18 heavy (non-hydrogen) atoms. The van der Waals surface area contributed by atoms with Crippen LogP contribution in [-0.2, 0) is 6.42 Å². The van der Waals surface area contributed by atoms with Crippen LogP contribution in [0.15, 0.2) is 18.2 Å². The number of piperidine rings is 1. The quantitative estimate of drug-likeness (QED) is 0.790. The van der Waals surface area contributed by atoms with Crippen LogP contribution < -0.4 is 4.74 Å². The Labute approximate surface area is 110 Å². The topological polar surface area (TPSA) is 12.5 Å². The Morgan fingerprint density at radius 3 is 3.00 bits per heavy atom. The van der Waals surface area contributed by atoms with Gasteiger partial charge in [-0.05, 0) is 55.4 Å². The van der Waals surface area contributed by atoms with Gasteiger partial charge in [0, 0.05) is 18.6 Å². The van der Waals surface area contributed by atoms with E-state index in [9.17, 15) is 0 Å². The van der Waals surface area contributed by atoms with E-state index in [0.717, 1.165) is 11.8 Å². The summed E-state index contributed by atoms with van der Waals surface area (Å²) >= 11 is 0. The van der Waals surface area contributed by atoms with Crippen molar-refractivity contribution in [3.8, 4) is 5.75 Å². The second-order valence-electron chi connectivity index (χ2n) is 5.56. The maximum Gasteiger partial charge on any atom is 0.119 e. The van der Waals surface area contributed by atoms with E-state index >= 15 is 0 Å². The zero-order valence-electron chi connectivity index (χ0n) is 11.5. The number of nitrogens with zero attached hydrogens (tertiary/aromatic N) is 1. The monoisotopic (exact) mass is 245 g/mol. The van der Waals surface area contributed by atoms with Crippen LogP contribution in [0.25, 0.3) is 0 Å². The average molecular weight is 245 g/mol. The SMILES string of the molecule is CCC1CCCC2c3ccc(OC)cc3CCN12. The second kappa shape index (κ2) is 4.93. The molecule has 0 saturated carbocycles.